The van der Waals surface area contributed by atoms with Gasteiger partial charge < -0.3 is 20.1 Å². The first kappa shape index (κ1) is 21.3. The van der Waals surface area contributed by atoms with E-state index in [4.69, 9.17) is 21.1 Å². The minimum atomic E-state index is -0.337. The lowest BCUT2D eigenvalue weighted by Crippen LogP contribution is -2.09. The van der Waals surface area contributed by atoms with Gasteiger partial charge in [-0.1, -0.05) is 17.7 Å². The highest BCUT2D eigenvalue weighted by Crippen LogP contribution is 2.29. The molecule has 0 heterocycles. The first-order valence-corrected chi connectivity index (χ1v) is 9.07. The molecule has 2 rings (SSSR count). The molecule has 0 aliphatic rings. The normalized spacial score (nSPS) is 10.8. The summed E-state index contributed by atoms with van der Waals surface area (Å²) in [6.07, 6.45) is 3.09. The molecule has 148 valence electrons. The van der Waals surface area contributed by atoms with Crippen LogP contribution in [0, 0.1) is 0 Å². The maximum Gasteiger partial charge on any atom is 0.248 e. The SMILES string of the molecule is COc1cc(/C=C/C(=O)Nc2ccc(NC(C)=O)cc2Cl)ccc1OC(C)C. The van der Waals surface area contributed by atoms with Crippen molar-refractivity contribution in [3.63, 3.8) is 0 Å². The molecule has 0 saturated heterocycles. The molecule has 0 radical (unpaired) electrons. The van der Waals surface area contributed by atoms with Crippen molar-refractivity contribution in [2.45, 2.75) is 26.9 Å². The third-order valence-electron chi connectivity index (χ3n) is 3.52. The Hall–Kier alpha value is -2.99. The molecule has 0 aromatic heterocycles. The van der Waals surface area contributed by atoms with Crippen LogP contribution < -0.4 is 20.1 Å². The van der Waals surface area contributed by atoms with Crippen LogP contribution in [0.1, 0.15) is 26.3 Å². The monoisotopic (exact) mass is 402 g/mol. The fourth-order valence-electron chi connectivity index (χ4n) is 2.38. The van der Waals surface area contributed by atoms with E-state index in [2.05, 4.69) is 10.6 Å². The topological polar surface area (TPSA) is 76.7 Å². The van der Waals surface area contributed by atoms with Gasteiger partial charge in [-0.3, -0.25) is 9.59 Å². The van der Waals surface area contributed by atoms with E-state index in [0.717, 1.165) is 5.56 Å². The standard InChI is InChI=1S/C21H23ClN2O4/c1-13(2)28-19-9-5-15(11-20(19)27-4)6-10-21(26)24-18-8-7-16(12-17(18)22)23-14(3)25/h5-13H,1-4H3,(H,23,25)(H,24,26)/b10-6+. The van der Waals surface area contributed by atoms with Gasteiger partial charge in [-0.05, 0) is 55.8 Å². The van der Waals surface area contributed by atoms with Gasteiger partial charge in [-0.2, -0.15) is 0 Å². The zero-order chi connectivity index (χ0) is 20.7. The highest BCUT2D eigenvalue weighted by Gasteiger charge is 2.08. The van der Waals surface area contributed by atoms with Crippen LogP contribution in [0.5, 0.6) is 11.5 Å². The molecule has 2 aromatic carbocycles. The molecule has 0 saturated carbocycles. The average molecular weight is 403 g/mol. The van der Waals surface area contributed by atoms with Gasteiger partial charge in [0.05, 0.1) is 23.9 Å². The molecule has 0 fully saturated rings. The van der Waals surface area contributed by atoms with Gasteiger partial charge in [0.2, 0.25) is 11.8 Å². The molecular weight excluding hydrogens is 380 g/mol. The number of rotatable bonds is 7. The Morgan fingerprint density at radius 1 is 1.07 bits per heavy atom. The lowest BCUT2D eigenvalue weighted by atomic mass is 10.2. The Balaban J connectivity index is 2.06. The van der Waals surface area contributed by atoms with Gasteiger partial charge in [0, 0.05) is 18.7 Å². The van der Waals surface area contributed by atoms with Crippen LogP contribution in [0.3, 0.4) is 0 Å². The van der Waals surface area contributed by atoms with Crippen molar-refractivity contribution in [2.75, 3.05) is 17.7 Å². The van der Waals surface area contributed by atoms with E-state index < -0.39 is 0 Å². The molecule has 2 N–H and O–H groups in total. The molecule has 7 heteroatoms. The van der Waals surface area contributed by atoms with Crippen LogP contribution >= 0.6 is 11.6 Å². The van der Waals surface area contributed by atoms with Crippen molar-refractivity contribution >= 4 is 40.9 Å². The van der Waals surface area contributed by atoms with E-state index in [9.17, 15) is 9.59 Å². The van der Waals surface area contributed by atoms with Crippen molar-refractivity contribution in [1.82, 2.24) is 0 Å². The van der Waals surface area contributed by atoms with Crippen molar-refractivity contribution in [3.8, 4) is 11.5 Å². The number of halogens is 1. The number of carbonyl (C=O) groups excluding carboxylic acids is 2. The van der Waals surface area contributed by atoms with E-state index in [0.29, 0.717) is 27.9 Å². The van der Waals surface area contributed by atoms with Gasteiger partial charge in [0.25, 0.3) is 0 Å². The van der Waals surface area contributed by atoms with Crippen molar-refractivity contribution < 1.29 is 19.1 Å². The van der Waals surface area contributed by atoms with Crippen LogP contribution in [0.4, 0.5) is 11.4 Å². The Labute approximate surface area is 169 Å². The first-order valence-electron chi connectivity index (χ1n) is 8.69. The number of amides is 2. The second-order valence-corrected chi connectivity index (χ2v) is 6.68. The molecule has 0 atom stereocenters. The summed E-state index contributed by atoms with van der Waals surface area (Å²) in [7, 11) is 1.56. The molecule has 2 aromatic rings. The highest BCUT2D eigenvalue weighted by molar-refractivity contribution is 6.34. The van der Waals surface area contributed by atoms with Crippen LogP contribution in [0.25, 0.3) is 6.08 Å². The van der Waals surface area contributed by atoms with E-state index in [-0.39, 0.29) is 17.9 Å². The van der Waals surface area contributed by atoms with Gasteiger partial charge in [-0.15, -0.1) is 0 Å². The molecule has 0 unspecified atom stereocenters. The predicted molar refractivity (Wildman–Crippen MR) is 112 cm³/mol. The number of carbonyl (C=O) groups is 2. The summed E-state index contributed by atoms with van der Waals surface area (Å²) in [5.41, 5.74) is 1.79. The van der Waals surface area contributed by atoms with Crippen LogP contribution in [-0.4, -0.2) is 25.0 Å². The molecule has 6 nitrogen and oxygen atoms in total. The number of methoxy groups -OCH3 is 1. The van der Waals surface area contributed by atoms with Gasteiger partial charge in [0.15, 0.2) is 11.5 Å². The highest BCUT2D eigenvalue weighted by atomic mass is 35.5. The van der Waals surface area contributed by atoms with Crippen molar-refractivity contribution in [2.24, 2.45) is 0 Å². The summed E-state index contributed by atoms with van der Waals surface area (Å²) in [5, 5.41) is 5.65. The molecular formula is C21H23ClN2O4. The summed E-state index contributed by atoms with van der Waals surface area (Å²) in [4.78, 5) is 23.3. The van der Waals surface area contributed by atoms with Crippen LogP contribution in [0.15, 0.2) is 42.5 Å². The summed E-state index contributed by atoms with van der Waals surface area (Å²) in [6.45, 7) is 5.28. The molecule has 28 heavy (non-hydrogen) atoms. The van der Waals surface area contributed by atoms with Gasteiger partial charge in [0.1, 0.15) is 0 Å². The van der Waals surface area contributed by atoms with E-state index in [1.165, 1.54) is 13.0 Å². The summed E-state index contributed by atoms with van der Waals surface area (Å²) >= 11 is 6.15. The minimum absolute atomic E-state index is 0.0304. The lowest BCUT2D eigenvalue weighted by molar-refractivity contribution is -0.114. The van der Waals surface area contributed by atoms with E-state index in [1.54, 1.807) is 43.5 Å². The van der Waals surface area contributed by atoms with Crippen molar-refractivity contribution in [1.29, 1.82) is 0 Å². The fraction of sp³-hybridized carbons (Fsp3) is 0.238. The Morgan fingerprint density at radius 2 is 1.82 bits per heavy atom. The fourth-order valence-corrected chi connectivity index (χ4v) is 2.61. The number of nitrogens with one attached hydrogen (secondary N) is 2. The molecule has 0 spiro atoms. The molecule has 0 aliphatic heterocycles. The number of hydrogen-bond acceptors (Lipinski definition) is 4. The van der Waals surface area contributed by atoms with Crippen molar-refractivity contribution in [3.05, 3.63) is 53.1 Å². The number of anilines is 2. The van der Waals surface area contributed by atoms with Crippen LogP contribution in [0.2, 0.25) is 5.02 Å². The smallest absolute Gasteiger partial charge is 0.248 e. The zero-order valence-electron chi connectivity index (χ0n) is 16.2. The van der Waals surface area contributed by atoms with Gasteiger partial charge in [-0.25, -0.2) is 0 Å². The zero-order valence-corrected chi connectivity index (χ0v) is 17.0. The minimum Gasteiger partial charge on any atom is -0.493 e. The number of benzene rings is 2. The maximum atomic E-state index is 12.2. The second kappa shape index (κ2) is 9.80. The summed E-state index contributed by atoms with van der Waals surface area (Å²) in [5.74, 6) is 0.699. The Bertz CT molecular complexity index is 894. The quantitative estimate of drug-likeness (QED) is 0.655. The van der Waals surface area contributed by atoms with Gasteiger partial charge >= 0.3 is 0 Å². The largest absolute Gasteiger partial charge is 0.493 e. The third kappa shape index (κ3) is 6.32. The second-order valence-electron chi connectivity index (χ2n) is 6.28. The number of ether oxygens (including phenoxy) is 2. The predicted octanol–water partition coefficient (Wildman–Crippen LogP) is 4.75. The summed E-state index contributed by atoms with van der Waals surface area (Å²) < 4.78 is 11.0. The van der Waals surface area contributed by atoms with E-state index >= 15 is 0 Å². The molecule has 2 amide bonds. The number of hydrogen-bond donors (Lipinski definition) is 2. The van der Waals surface area contributed by atoms with E-state index in [1.807, 2.05) is 19.9 Å². The molecule has 0 bridgehead atoms. The third-order valence-corrected chi connectivity index (χ3v) is 3.84. The van der Waals surface area contributed by atoms with Crippen LogP contribution in [-0.2, 0) is 9.59 Å². The Kier molecular flexibility index (Phi) is 7.46. The maximum absolute atomic E-state index is 12.2. The summed E-state index contributed by atoms with van der Waals surface area (Å²) in [6, 6.07) is 10.3. The average Bonchev–Trinajstić information content (AvgIpc) is 2.62. The molecule has 0 aliphatic carbocycles. The lowest BCUT2D eigenvalue weighted by Gasteiger charge is -2.13. The first-order chi connectivity index (χ1) is 13.3. The Morgan fingerprint density at radius 3 is 2.43 bits per heavy atom.